The SMILES string of the molecule is O=C(CCNC1CCCCC1)Nc1ccc(Oc2ccccc2)cc1. The Hall–Kier alpha value is -2.33. The van der Waals surface area contributed by atoms with E-state index in [1.54, 1.807) is 0 Å². The molecule has 0 aromatic heterocycles. The lowest BCUT2D eigenvalue weighted by Crippen LogP contribution is -2.33. The predicted molar refractivity (Wildman–Crippen MR) is 101 cm³/mol. The second-order valence-corrected chi connectivity index (χ2v) is 6.53. The van der Waals surface area contributed by atoms with Gasteiger partial charge < -0.3 is 15.4 Å². The maximum Gasteiger partial charge on any atom is 0.225 e. The second kappa shape index (κ2) is 9.23. The monoisotopic (exact) mass is 338 g/mol. The van der Waals surface area contributed by atoms with Gasteiger partial charge in [-0.05, 0) is 49.2 Å². The smallest absolute Gasteiger partial charge is 0.225 e. The Bertz CT molecular complexity index is 649. The molecule has 25 heavy (non-hydrogen) atoms. The van der Waals surface area contributed by atoms with Crippen LogP contribution in [0.1, 0.15) is 38.5 Å². The van der Waals surface area contributed by atoms with Crippen molar-refractivity contribution in [3.63, 3.8) is 0 Å². The van der Waals surface area contributed by atoms with Gasteiger partial charge in [-0.3, -0.25) is 4.79 Å². The van der Waals surface area contributed by atoms with Gasteiger partial charge in [-0.15, -0.1) is 0 Å². The number of rotatable bonds is 7. The summed E-state index contributed by atoms with van der Waals surface area (Å²) in [6, 6.07) is 17.7. The highest BCUT2D eigenvalue weighted by Gasteiger charge is 2.12. The van der Waals surface area contributed by atoms with Crippen molar-refractivity contribution in [3.8, 4) is 11.5 Å². The fourth-order valence-electron chi connectivity index (χ4n) is 3.15. The van der Waals surface area contributed by atoms with E-state index in [-0.39, 0.29) is 5.91 Å². The van der Waals surface area contributed by atoms with Crippen molar-refractivity contribution in [2.24, 2.45) is 0 Å². The molecule has 1 fully saturated rings. The summed E-state index contributed by atoms with van der Waals surface area (Å²) in [7, 11) is 0. The number of ether oxygens (including phenoxy) is 1. The topological polar surface area (TPSA) is 50.4 Å². The minimum Gasteiger partial charge on any atom is -0.457 e. The third kappa shape index (κ3) is 5.91. The van der Waals surface area contributed by atoms with E-state index < -0.39 is 0 Å². The van der Waals surface area contributed by atoms with Crippen LogP contribution >= 0.6 is 0 Å². The fourth-order valence-corrected chi connectivity index (χ4v) is 3.15. The van der Waals surface area contributed by atoms with Gasteiger partial charge in [0.15, 0.2) is 0 Å². The predicted octanol–water partition coefficient (Wildman–Crippen LogP) is 4.73. The first-order valence-electron chi connectivity index (χ1n) is 9.16. The van der Waals surface area contributed by atoms with Gasteiger partial charge in [0.25, 0.3) is 0 Å². The molecular formula is C21H26N2O2. The average molecular weight is 338 g/mol. The number of benzene rings is 2. The van der Waals surface area contributed by atoms with Gasteiger partial charge in [0, 0.05) is 24.7 Å². The van der Waals surface area contributed by atoms with Gasteiger partial charge in [-0.1, -0.05) is 37.5 Å². The molecular weight excluding hydrogens is 312 g/mol. The van der Waals surface area contributed by atoms with Gasteiger partial charge in [-0.25, -0.2) is 0 Å². The highest BCUT2D eigenvalue weighted by atomic mass is 16.5. The molecule has 2 aromatic rings. The molecule has 0 bridgehead atoms. The maximum atomic E-state index is 12.0. The van der Waals surface area contributed by atoms with Crippen LogP contribution in [0.15, 0.2) is 54.6 Å². The molecule has 2 aromatic carbocycles. The van der Waals surface area contributed by atoms with Crippen molar-refractivity contribution in [1.29, 1.82) is 0 Å². The first-order valence-corrected chi connectivity index (χ1v) is 9.16. The van der Waals surface area contributed by atoms with E-state index in [9.17, 15) is 4.79 Å². The molecule has 0 radical (unpaired) electrons. The molecule has 0 spiro atoms. The molecule has 0 saturated heterocycles. The van der Waals surface area contributed by atoms with Gasteiger partial charge in [0.05, 0.1) is 0 Å². The standard InChI is InChI=1S/C21H26N2O2/c24-21(15-16-22-17-7-3-1-4-8-17)23-18-11-13-20(14-12-18)25-19-9-5-2-6-10-19/h2,5-6,9-14,17,22H,1,3-4,7-8,15-16H2,(H,23,24). The zero-order valence-electron chi connectivity index (χ0n) is 14.5. The van der Waals surface area contributed by atoms with Crippen LogP contribution in [0.25, 0.3) is 0 Å². The molecule has 1 aliphatic rings. The third-order valence-corrected chi connectivity index (χ3v) is 4.51. The quantitative estimate of drug-likeness (QED) is 0.767. The summed E-state index contributed by atoms with van der Waals surface area (Å²) in [5.74, 6) is 1.59. The molecule has 0 unspecified atom stereocenters. The van der Waals surface area contributed by atoms with Crippen LogP contribution in [-0.2, 0) is 4.79 Å². The fraction of sp³-hybridized carbons (Fsp3) is 0.381. The number of hydrogen-bond acceptors (Lipinski definition) is 3. The molecule has 132 valence electrons. The molecule has 2 N–H and O–H groups in total. The Morgan fingerprint density at radius 2 is 1.60 bits per heavy atom. The van der Waals surface area contributed by atoms with Crippen molar-refractivity contribution in [2.45, 2.75) is 44.6 Å². The Balaban J connectivity index is 1.40. The Labute approximate surface area is 149 Å². The first-order chi connectivity index (χ1) is 12.3. The van der Waals surface area contributed by atoms with E-state index in [0.29, 0.717) is 12.5 Å². The molecule has 3 rings (SSSR count). The number of para-hydroxylation sites is 1. The van der Waals surface area contributed by atoms with Crippen LogP contribution in [0.4, 0.5) is 5.69 Å². The van der Waals surface area contributed by atoms with Crippen molar-refractivity contribution in [1.82, 2.24) is 5.32 Å². The van der Waals surface area contributed by atoms with Gasteiger partial charge in [0.1, 0.15) is 11.5 Å². The summed E-state index contributed by atoms with van der Waals surface area (Å²) in [5.41, 5.74) is 0.795. The van der Waals surface area contributed by atoms with Gasteiger partial charge in [0.2, 0.25) is 5.91 Å². The van der Waals surface area contributed by atoms with Crippen LogP contribution in [-0.4, -0.2) is 18.5 Å². The summed E-state index contributed by atoms with van der Waals surface area (Å²) in [4.78, 5) is 12.0. The molecule has 1 saturated carbocycles. The maximum absolute atomic E-state index is 12.0. The number of amides is 1. The van der Waals surface area contributed by atoms with Crippen LogP contribution < -0.4 is 15.4 Å². The summed E-state index contributed by atoms with van der Waals surface area (Å²) >= 11 is 0. The number of anilines is 1. The van der Waals surface area contributed by atoms with Crippen LogP contribution in [0.5, 0.6) is 11.5 Å². The first kappa shape index (κ1) is 17.5. The summed E-state index contributed by atoms with van der Waals surface area (Å²) < 4.78 is 5.75. The van der Waals surface area contributed by atoms with Crippen LogP contribution in [0.2, 0.25) is 0 Å². The minimum atomic E-state index is 0.0417. The summed E-state index contributed by atoms with van der Waals surface area (Å²) in [6.45, 7) is 0.742. The molecule has 0 heterocycles. The number of hydrogen-bond donors (Lipinski definition) is 2. The molecule has 4 nitrogen and oxygen atoms in total. The summed E-state index contributed by atoms with van der Waals surface area (Å²) in [5, 5.41) is 6.43. The zero-order valence-corrected chi connectivity index (χ0v) is 14.5. The Kier molecular flexibility index (Phi) is 6.46. The van der Waals surface area contributed by atoms with Crippen LogP contribution in [0.3, 0.4) is 0 Å². The second-order valence-electron chi connectivity index (χ2n) is 6.53. The van der Waals surface area contributed by atoms with Crippen LogP contribution in [0, 0.1) is 0 Å². The number of carbonyl (C=O) groups is 1. The molecule has 1 amide bonds. The van der Waals surface area contributed by atoms with Crippen molar-refractivity contribution in [3.05, 3.63) is 54.6 Å². The van der Waals surface area contributed by atoms with E-state index in [1.165, 1.54) is 32.1 Å². The Morgan fingerprint density at radius 3 is 2.32 bits per heavy atom. The van der Waals surface area contributed by atoms with E-state index in [2.05, 4.69) is 10.6 Å². The van der Waals surface area contributed by atoms with E-state index in [0.717, 1.165) is 23.7 Å². The number of carbonyl (C=O) groups excluding carboxylic acids is 1. The lowest BCUT2D eigenvalue weighted by Gasteiger charge is -2.22. The lowest BCUT2D eigenvalue weighted by molar-refractivity contribution is -0.116. The molecule has 0 aliphatic heterocycles. The minimum absolute atomic E-state index is 0.0417. The average Bonchev–Trinajstić information content (AvgIpc) is 2.65. The summed E-state index contributed by atoms with van der Waals surface area (Å²) in [6.07, 6.45) is 6.94. The third-order valence-electron chi connectivity index (χ3n) is 4.51. The van der Waals surface area contributed by atoms with Gasteiger partial charge >= 0.3 is 0 Å². The van der Waals surface area contributed by atoms with Crippen molar-refractivity contribution >= 4 is 11.6 Å². The molecule has 1 aliphatic carbocycles. The van der Waals surface area contributed by atoms with Crippen molar-refractivity contribution in [2.75, 3.05) is 11.9 Å². The molecule has 0 atom stereocenters. The normalized spacial score (nSPS) is 14.9. The number of nitrogens with one attached hydrogen (secondary N) is 2. The van der Waals surface area contributed by atoms with Gasteiger partial charge in [-0.2, -0.15) is 0 Å². The highest BCUT2D eigenvalue weighted by molar-refractivity contribution is 5.90. The van der Waals surface area contributed by atoms with E-state index in [4.69, 9.17) is 4.74 Å². The largest absolute Gasteiger partial charge is 0.457 e. The lowest BCUT2D eigenvalue weighted by atomic mass is 9.95. The molecule has 4 heteroatoms. The zero-order chi connectivity index (χ0) is 17.3. The van der Waals surface area contributed by atoms with Crippen molar-refractivity contribution < 1.29 is 9.53 Å². The highest BCUT2D eigenvalue weighted by Crippen LogP contribution is 2.22. The Morgan fingerprint density at radius 1 is 0.920 bits per heavy atom. The van der Waals surface area contributed by atoms with E-state index >= 15 is 0 Å². The van der Waals surface area contributed by atoms with E-state index in [1.807, 2.05) is 54.6 Å².